The second-order valence-corrected chi connectivity index (χ2v) is 6.99. The topological polar surface area (TPSA) is 134 Å². The van der Waals surface area contributed by atoms with Crippen molar-refractivity contribution in [2.75, 3.05) is 13.6 Å². The Hall–Kier alpha value is -3.60. The number of nitrogens with two attached hydrogens (primary N) is 1. The van der Waals surface area contributed by atoms with Gasteiger partial charge in [-0.2, -0.15) is 10.2 Å². The van der Waals surface area contributed by atoms with E-state index in [9.17, 15) is 4.79 Å². The summed E-state index contributed by atoms with van der Waals surface area (Å²) in [5.74, 6) is 0.482. The minimum atomic E-state index is -0.611. The maximum atomic E-state index is 11.9. The van der Waals surface area contributed by atoms with Crippen LogP contribution in [-0.4, -0.2) is 58.8 Å². The average Bonchev–Trinajstić information content (AvgIpc) is 3.42. The first kappa shape index (κ1) is 19.7. The van der Waals surface area contributed by atoms with Crippen molar-refractivity contribution in [1.82, 2.24) is 44.6 Å². The standard InChI is InChI=1S/C19H24N10O/c1-5-28-15(8-11(2)25-28)18-24-19(29(26-18)7-6-21-3)16-12-10-22-27(4)14(12)9-13(23-16)17(20)30/h8-10,21H,5-7H2,1-4H3,(H2,20,30). The van der Waals surface area contributed by atoms with Crippen LogP contribution in [0.3, 0.4) is 0 Å². The van der Waals surface area contributed by atoms with Crippen LogP contribution >= 0.6 is 0 Å². The molecule has 11 nitrogen and oxygen atoms in total. The van der Waals surface area contributed by atoms with Gasteiger partial charge in [-0.15, -0.1) is 5.10 Å². The van der Waals surface area contributed by atoms with Crippen LogP contribution in [0.25, 0.3) is 33.9 Å². The van der Waals surface area contributed by atoms with E-state index in [4.69, 9.17) is 15.8 Å². The number of aromatic nitrogens is 8. The predicted molar refractivity (Wildman–Crippen MR) is 112 cm³/mol. The van der Waals surface area contributed by atoms with Crippen molar-refractivity contribution in [2.45, 2.75) is 26.9 Å². The molecule has 0 atom stereocenters. The summed E-state index contributed by atoms with van der Waals surface area (Å²) in [4.78, 5) is 21.2. The van der Waals surface area contributed by atoms with E-state index in [-0.39, 0.29) is 5.69 Å². The third kappa shape index (κ3) is 3.32. The fourth-order valence-corrected chi connectivity index (χ4v) is 3.41. The van der Waals surface area contributed by atoms with Crippen LogP contribution in [0.5, 0.6) is 0 Å². The number of primary amides is 1. The second-order valence-electron chi connectivity index (χ2n) is 6.99. The van der Waals surface area contributed by atoms with Crippen LogP contribution in [-0.2, 0) is 20.1 Å². The highest BCUT2D eigenvalue weighted by molar-refractivity contribution is 5.99. The van der Waals surface area contributed by atoms with Crippen molar-refractivity contribution in [1.29, 1.82) is 0 Å². The van der Waals surface area contributed by atoms with Gasteiger partial charge in [0.25, 0.3) is 5.91 Å². The Labute approximate surface area is 172 Å². The second kappa shape index (κ2) is 7.67. The van der Waals surface area contributed by atoms with E-state index in [1.165, 1.54) is 0 Å². The monoisotopic (exact) mass is 408 g/mol. The molecule has 4 heterocycles. The summed E-state index contributed by atoms with van der Waals surface area (Å²) in [6, 6.07) is 3.59. The number of hydrogen-bond acceptors (Lipinski definition) is 7. The van der Waals surface area contributed by atoms with E-state index in [0.717, 1.165) is 22.3 Å². The van der Waals surface area contributed by atoms with Crippen molar-refractivity contribution < 1.29 is 4.79 Å². The maximum Gasteiger partial charge on any atom is 0.267 e. The molecule has 0 aromatic carbocycles. The van der Waals surface area contributed by atoms with Gasteiger partial charge in [0.2, 0.25) is 0 Å². The molecule has 3 N–H and O–H groups in total. The molecular weight excluding hydrogens is 384 g/mol. The fourth-order valence-electron chi connectivity index (χ4n) is 3.41. The lowest BCUT2D eigenvalue weighted by molar-refractivity contribution is 0.0996. The molecule has 11 heteroatoms. The maximum absolute atomic E-state index is 11.9. The highest BCUT2D eigenvalue weighted by Crippen LogP contribution is 2.28. The molecule has 4 rings (SSSR count). The van der Waals surface area contributed by atoms with Crippen LogP contribution in [0, 0.1) is 6.92 Å². The summed E-state index contributed by atoms with van der Waals surface area (Å²) < 4.78 is 5.33. The lowest BCUT2D eigenvalue weighted by Crippen LogP contribution is -2.17. The van der Waals surface area contributed by atoms with E-state index in [0.29, 0.717) is 37.0 Å². The van der Waals surface area contributed by atoms with E-state index >= 15 is 0 Å². The first-order valence-electron chi connectivity index (χ1n) is 9.70. The number of amides is 1. The number of hydrogen-bond donors (Lipinski definition) is 2. The van der Waals surface area contributed by atoms with Crippen LogP contribution in [0.15, 0.2) is 18.3 Å². The first-order chi connectivity index (χ1) is 14.4. The molecule has 0 saturated heterocycles. The highest BCUT2D eigenvalue weighted by Gasteiger charge is 2.22. The number of rotatable bonds is 7. The van der Waals surface area contributed by atoms with Gasteiger partial charge in [-0.05, 0) is 33.0 Å². The van der Waals surface area contributed by atoms with Gasteiger partial charge >= 0.3 is 0 Å². The van der Waals surface area contributed by atoms with E-state index in [1.807, 2.05) is 31.6 Å². The Morgan fingerprint density at radius 2 is 2.00 bits per heavy atom. The number of nitrogens with one attached hydrogen (secondary N) is 1. The summed E-state index contributed by atoms with van der Waals surface area (Å²) in [6.07, 6.45) is 1.71. The van der Waals surface area contributed by atoms with E-state index < -0.39 is 5.91 Å². The number of carbonyl (C=O) groups is 1. The zero-order chi connectivity index (χ0) is 21.4. The number of fused-ring (bicyclic) bond motifs is 1. The summed E-state index contributed by atoms with van der Waals surface area (Å²) in [6.45, 7) is 5.92. The fraction of sp³-hybridized carbons (Fsp3) is 0.368. The lowest BCUT2D eigenvalue weighted by Gasteiger charge is -2.07. The van der Waals surface area contributed by atoms with Gasteiger partial charge < -0.3 is 11.1 Å². The van der Waals surface area contributed by atoms with Crippen molar-refractivity contribution in [3.63, 3.8) is 0 Å². The quantitative estimate of drug-likeness (QED) is 0.460. The minimum Gasteiger partial charge on any atom is -0.364 e. The molecule has 30 heavy (non-hydrogen) atoms. The summed E-state index contributed by atoms with van der Waals surface area (Å²) >= 11 is 0. The number of carbonyl (C=O) groups excluding carboxylic acids is 1. The van der Waals surface area contributed by atoms with Crippen LogP contribution in [0.2, 0.25) is 0 Å². The van der Waals surface area contributed by atoms with Crippen LogP contribution in [0.1, 0.15) is 23.1 Å². The number of pyridine rings is 1. The Morgan fingerprint density at radius 3 is 2.70 bits per heavy atom. The molecule has 0 bridgehead atoms. The SMILES string of the molecule is CCn1nc(C)cc1-c1nc(-c2nc(C(N)=O)cc3c2cnn3C)n(CCNC)n1. The molecule has 4 aromatic rings. The third-order valence-electron chi connectivity index (χ3n) is 4.89. The normalized spacial score (nSPS) is 11.5. The summed E-state index contributed by atoms with van der Waals surface area (Å²) in [7, 11) is 3.68. The Bertz CT molecular complexity index is 1230. The van der Waals surface area contributed by atoms with Gasteiger partial charge in [-0.25, -0.2) is 14.6 Å². The van der Waals surface area contributed by atoms with Gasteiger partial charge in [-0.3, -0.25) is 14.2 Å². The number of aryl methyl sites for hydroxylation is 3. The Balaban J connectivity index is 1.96. The molecule has 156 valence electrons. The average molecular weight is 408 g/mol. The van der Waals surface area contributed by atoms with Gasteiger partial charge in [0, 0.05) is 25.5 Å². The molecule has 1 amide bonds. The van der Waals surface area contributed by atoms with Gasteiger partial charge in [-0.1, -0.05) is 0 Å². The van der Waals surface area contributed by atoms with E-state index in [1.54, 1.807) is 28.7 Å². The molecule has 0 spiro atoms. The third-order valence-corrected chi connectivity index (χ3v) is 4.89. The van der Waals surface area contributed by atoms with Crippen LogP contribution < -0.4 is 11.1 Å². The molecule has 0 aliphatic heterocycles. The summed E-state index contributed by atoms with van der Waals surface area (Å²) in [5, 5.41) is 17.4. The van der Waals surface area contributed by atoms with Gasteiger partial charge in [0.1, 0.15) is 17.1 Å². The zero-order valence-corrected chi connectivity index (χ0v) is 17.4. The van der Waals surface area contributed by atoms with Crippen molar-refractivity contribution in [2.24, 2.45) is 12.8 Å². The number of likely N-dealkylation sites (N-methyl/N-ethyl adjacent to an activating group) is 1. The zero-order valence-electron chi connectivity index (χ0n) is 17.4. The first-order valence-corrected chi connectivity index (χ1v) is 9.70. The van der Waals surface area contributed by atoms with Crippen molar-refractivity contribution >= 4 is 16.8 Å². The Morgan fingerprint density at radius 1 is 1.20 bits per heavy atom. The highest BCUT2D eigenvalue weighted by atomic mass is 16.1. The molecule has 4 aromatic heterocycles. The predicted octanol–water partition coefficient (Wildman–Crippen LogP) is 0.737. The molecule has 0 unspecified atom stereocenters. The van der Waals surface area contributed by atoms with Crippen molar-refractivity contribution in [3.05, 3.63) is 29.7 Å². The molecular formula is C19H24N10O. The largest absolute Gasteiger partial charge is 0.364 e. The van der Waals surface area contributed by atoms with Gasteiger partial charge in [0.15, 0.2) is 11.6 Å². The smallest absolute Gasteiger partial charge is 0.267 e. The minimum absolute atomic E-state index is 0.153. The molecule has 0 saturated carbocycles. The lowest BCUT2D eigenvalue weighted by atomic mass is 10.2. The number of nitrogens with zero attached hydrogens (tertiary/aromatic N) is 8. The molecule has 0 aliphatic carbocycles. The molecule has 0 aliphatic rings. The molecule has 0 fully saturated rings. The summed E-state index contributed by atoms with van der Waals surface area (Å²) in [5.41, 5.74) is 8.66. The van der Waals surface area contributed by atoms with Crippen LogP contribution in [0.4, 0.5) is 0 Å². The van der Waals surface area contributed by atoms with Gasteiger partial charge in [0.05, 0.1) is 24.0 Å². The van der Waals surface area contributed by atoms with Crippen molar-refractivity contribution in [3.8, 4) is 23.0 Å². The molecule has 0 radical (unpaired) electrons. The Kier molecular flexibility index (Phi) is 5.04. The van der Waals surface area contributed by atoms with E-state index in [2.05, 4.69) is 20.5 Å².